The van der Waals surface area contributed by atoms with E-state index in [4.69, 9.17) is 0 Å². The van der Waals surface area contributed by atoms with E-state index in [1.165, 1.54) is 5.56 Å². The number of rotatable bonds is 7. The smallest absolute Gasteiger partial charge is 0.270 e. The standard InChI is InChI=1S/C19H24N4O3S/c1-14-21-17(12-18(22-14)23-16-9-11-27(25,26)13-16)19(24)20-10-5-8-15-6-3-2-4-7-15/h2-4,6-7,12,16H,5,8-11,13H2,1H3,(H,20,24)(H,21,22,23). The fraction of sp³-hybridized carbons (Fsp3) is 0.421. The van der Waals surface area contributed by atoms with Crippen LogP contribution in [0, 0.1) is 6.92 Å². The highest BCUT2D eigenvalue weighted by atomic mass is 32.2. The number of hydrogen-bond donors (Lipinski definition) is 2. The molecule has 1 saturated heterocycles. The van der Waals surface area contributed by atoms with Crippen LogP contribution in [0.15, 0.2) is 36.4 Å². The van der Waals surface area contributed by atoms with E-state index in [9.17, 15) is 13.2 Å². The molecule has 8 heteroatoms. The van der Waals surface area contributed by atoms with Crippen LogP contribution in [-0.2, 0) is 16.3 Å². The second kappa shape index (κ2) is 8.47. The van der Waals surface area contributed by atoms with E-state index in [-0.39, 0.29) is 29.1 Å². The summed E-state index contributed by atoms with van der Waals surface area (Å²) in [6.07, 6.45) is 2.28. The minimum absolute atomic E-state index is 0.0943. The number of aryl methyl sites for hydroxylation is 2. The average molecular weight is 388 g/mol. The van der Waals surface area contributed by atoms with E-state index < -0.39 is 9.84 Å². The van der Waals surface area contributed by atoms with Gasteiger partial charge in [-0.05, 0) is 31.7 Å². The molecule has 0 saturated carbocycles. The van der Waals surface area contributed by atoms with Crippen molar-refractivity contribution in [2.75, 3.05) is 23.4 Å². The van der Waals surface area contributed by atoms with Crippen molar-refractivity contribution in [3.05, 3.63) is 53.5 Å². The average Bonchev–Trinajstić information content (AvgIpc) is 2.97. The van der Waals surface area contributed by atoms with Crippen molar-refractivity contribution in [2.45, 2.75) is 32.2 Å². The molecule has 1 aromatic heterocycles. The van der Waals surface area contributed by atoms with Crippen LogP contribution in [0.25, 0.3) is 0 Å². The lowest BCUT2D eigenvalue weighted by molar-refractivity contribution is 0.0948. The predicted molar refractivity (Wildman–Crippen MR) is 105 cm³/mol. The molecule has 1 fully saturated rings. The van der Waals surface area contributed by atoms with Gasteiger partial charge in [-0.15, -0.1) is 0 Å². The van der Waals surface area contributed by atoms with E-state index in [2.05, 4.69) is 32.7 Å². The topological polar surface area (TPSA) is 101 Å². The molecular weight excluding hydrogens is 364 g/mol. The van der Waals surface area contributed by atoms with Crippen molar-refractivity contribution in [1.29, 1.82) is 0 Å². The molecule has 1 aliphatic rings. The Kier molecular flexibility index (Phi) is 6.05. The van der Waals surface area contributed by atoms with Crippen LogP contribution in [0.1, 0.15) is 34.7 Å². The van der Waals surface area contributed by atoms with Gasteiger partial charge in [0.1, 0.15) is 17.3 Å². The third kappa shape index (κ3) is 5.75. The molecule has 27 heavy (non-hydrogen) atoms. The summed E-state index contributed by atoms with van der Waals surface area (Å²) in [6, 6.07) is 11.5. The summed E-state index contributed by atoms with van der Waals surface area (Å²) in [4.78, 5) is 20.8. The zero-order chi connectivity index (χ0) is 19.3. The zero-order valence-electron chi connectivity index (χ0n) is 15.3. The van der Waals surface area contributed by atoms with Gasteiger partial charge in [-0.25, -0.2) is 18.4 Å². The first kappa shape index (κ1) is 19.3. The number of hydrogen-bond acceptors (Lipinski definition) is 6. The first-order valence-electron chi connectivity index (χ1n) is 9.06. The maximum Gasteiger partial charge on any atom is 0.270 e. The Morgan fingerprint density at radius 3 is 2.70 bits per heavy atom. The molecule has 1 amide bonds. The minimum atomic E-state index is -2.98. The molecule has 1 atom stereocenters. The largest absolute Gasteiger partial charge is 0.366 e. The molecule has 0 bridgehead atoms. The maximum absolute atomic E-state index is 12.4. The molecule has 1 aliphatic heterocycles. The van der Waals surface area contributed by atoms with Gasteiger partial charge >= 0.3 is 0 Å². The molecule has 3 rings (SSSR count). The Morgan fingerprint density at radius 1 is 1.22 bits per heavy atom. The fourth-order valence-electron chi connectivity index (χ4n) is 3.11. The van der Waals surface area contributed by atoms with Crippen molar-refractivity contribution in [2.24, 2.45) is 0 Å². The summed E-state index contributed by atoms with van der Waals surface area (Å²) in [5.41, 5.74) is 1.52. The van der Waals surface area contributed by atoms with E-state index >= 15 is 0 Å². The van der Waals surface area contributed by atoms with Gasteiger partial charge in [0.2, 0.25) is 0 Å². The third-order valence-electron chi connectivity index (χ3n) is 4.43. The molecule has 7 nitrogen and oxygen atoms in total. The van der Waals surface area contributed by atoms with Crippen molar-refractivity contribution >= 4 is 21.6 Å². The van der Waals surface area contributed by atoms with Crippen molar-refractivity contribution in [1.82, 2.24) is 15.3 Å². The lowest BCUT2D eigenvalue weighted by atomic mass is 10.1. The van der Waals surface area contributed by atoms with Gasteiger partial charge in [-0.3, -0.25) is 4.79 Å². The quantitative estimate of drug-likeness (QED) is 0.701. The normalized spacial score (nSPS) is 18.2. The van der Waals surface area contributed by atoms with Crippen LogP contribution in [0.5, 0.6) is 0 Å². The molecule has 1 unspecified atom stereocenters. The summed E-state index contributed by atoms with van der Waals surface area (Å²) < 4.78 is 23.2. The van der Waals surface area contributed by atoms with Gasteiger partial charge in [0.15, 0.2) is 9.84 Å². The highest BCUT2D eigenvalue weighted by Gasteiger charge is 2.28. The second-order valence-corrected chi connectivity index (χ2v) is 9.00. The molecule has 2 aromatic rings. The Morgan fingerprint density at radius 2 is 2.00 bits per heavy atom. The number of carbonyl (C=O) groups excluding carboxylic acids is 1. The summed E-state index contributed by atoms with van der Waals surface area (Å²) >= 11 is 0. The monoisotopic (exact) mass is 388 g/mol. The van der Waals surface area contributed by atoms with E-state index in [0.717, 1.165) is 12.8 Å². The molecule has 0 spiro atoms. The number of aromatic nitrogens is 2. The summed E-state index contributed by atoms with van der Waals surface area (Å²) in [7, 11) is -2.98. The molecule has 2 N–H and O–H groups in total. The van der Waals surface area contributed by atoms with Crippen LogP contribution in [0.2, 0.25) is 0 Å². The van der Waals surface area contributed by atoms with Crippen LogP contribution < -0.4 is 10.6 Å². The van der Waals surface area contributed by atoms with Gasteiger partial charge in [0.05, 0.1) is 11.5 Å². The number of sulfone groups is 1. The molecule has 0 aliphatic carbocycles. The maximum atomic E-state index is 12.4. The highest BCUT2D eigenvalue weighted by Crippen LogP contribution is 2.17. The van der Waals surface area contributed by atoms with Gasteiger partial charge in [0, 0.05) is 18.7 Å². The highest BCUT2D eigenvalue weighted by molar-refractivity contribution is 7.91. The fourth-order valence-corrected chi connectivity index (χ4v) is 4.78. The van der Waals surface area contributed by atoms with Gasteiger partial charge in [0.25, 0.3) is 5.91 Å². The lowest BCUT2D eigenvalue weighted by Gasteiger charge is -2.13. The first-order valence-corrected chi connectivity index (χ1v) is 10.9. The Balaban J connectivity index is 1.54. The summed E-state index contributed by atoms with van der Waals surface area (Å²) in [5, 5.41) is 5.99. The minimum Gasteiger partial charge on any atom is -0.366 e. The van der Waals surface area contributed by atoms with Crippen molar-refractivity contribution < 1.29 is 13.2 Å². The first-order chi connectivity index (χ1) is 12.9. The second-order valence-electron chi connectivity index (χ2n) is 6.77. The summed E-state index contributed by atoms with van der Waals surface area (Å²) in [6.45, 7) is 2.27. The molecule has 1 aromatic carbocycles. The van der Waals surface area contributed by atoms with E-state index in [1.807, 2.05) is 18.2 Å². The van der Waals surface area contributed by atoms with Crippen LogP contribution >= 0.6 is 0 Å². The van der Waals surface area contributed by atoms with Crippen molar-refractivity contribution in [3.8, 4) is 0 Å². The molecule has 2 heterocycles. The van der Waals surface area contributed by atoms with Crippen LogP contribution in [-0.4, -0.2) is 48.4 Å². The van der Waals surface area contributed by atoms with Gasteiger partial charge < -0.3 is 10.6 Å². The predicted octanol–water partition coefficient (Wildman–Crippen LogP) is 1.75. The van der Waals surface area contributed by atoms with Gasteiger partial charge in [-0.1, -0.05) is 30.3 Å². The SMILES string of the molecule is Cc1nc(NC2CCS(=O)(=O)C2)cc(C(=O)NCCCc2ccccc2)n1. The number of nitrogens with one attached hydrogen (secondary N) is 2. The van der Waals surface area contributed by atoms with Crippen LogP contribution in [0.3, 0.4) is 0 Å². The Labute approximate surface area is 159 Å². The summed E-state index contributed by atoms with van der Waals surface area (Å²) in [5.74, 6) is 0.977. The Bertz CT molecular complexity index is 900. The zero-order valence-corrected chi connectivity index (χ0v) is 16.1. The number of amides is 1. The number of nitrogens with zero attached hydrogens (tertiary/aromatic N) is 2. The Hall–Kier alpha value is -2.48. The third-order valence-corrected chi connectivity index (χ3v) is 6.19. The lowest BCUT2D eigenvalue weighted by Crippen LogP contribution is -2.27. The number of benzene rings is 1. The molecule has 0 radical (unpaired) electrons. The molecular formula is C19H24N4O3S. The van der Waals surface area contributed by atoms with Gasteiger partial charge in [-0.2, -0.15) is 0 Å². The number of carbonyl (C=O) groups is 1. The van der Waals surface area contributed by atoms with Crippen LogP contribution in [0.4, 0.5) is 5.82 Å². The number of anilines is 1. The van der Waals surface area contributed by atoms with Crippen molar-refractivity contribution in [3.63, 3.8) is 0 Å². The van der Waals surface area contributed by atoms with E-state index in [1.54, 1.807) is 13.0 Å². The van der Waals surface area contributed by atoms with E-state index in [0.29, 0.717) is 24.6 Å². The molecule has 144 valence electrons.